The number of hydrogen-bond acceptors (Lipinski definition) is 2. The summed E-state index contributed by atoms with van der Waals surface area (Å²) < 4.78 is 23.3. The number of nitrogens with one attached hydrogen (secondary N) is 1. The Morgan fingerprint density at radius 2 is 1.33 bits per heavy atom. The van der Waals surface area contributed by atoms with Crippen LogP contribution in [0.25, 0.3) is 0 Å². The zero-order valence-electron chi connectivity index (χ0n) is 5.14. The topological polar surface area (TPSA) is 46.2 Å². The highest BCUT2D eigenvalue weighted by Crippen LogP contribution is 1.78. The zero-order chi connectivity index (χ0) is 6.62. The quantitative estimate of drug-likeness (QED) is 0.762. The normalized spacial score (nSPS) is 7.83. The van der Waals surface area contributed by atoms with E-state index in [1.807, 2.05) is 0 Å². The van der Waals surface area contributed by atoms with Gasteiger partial charge in [0.2, 0.25) is 10.0 Å². The summed E-state index contributed by atoms with van der Waals surface area (Å²) in [7, 11) is -2.92. The van der Waals surface area contributed by atoms with Gasteiger partial charge in [-0.3, -0.25) is 0 Å². The van der Waals surface area contributed by atoms with Gasteiger partial charge in [0.25, 0.3) is 0 Å². The van der Waals surface area contributed by atoms with Gasteiger partial charge >= 0.3 is 0 Å². The summed E-state index contributed by atoms with van der Waals surface area (Å²) in [5.41, 5.74) is 0. The molecule has 0 spiro atoms. The fraction of sp³-hybridized carbons (Fsp3) is 1.00. The van der Waals surface area contributed by atoms with E-state index in [9.17, 15) is 8.42 Å². The summed E-state index contributed by atoms with van der Waals surface area (Å²) in [5, 5.41) is 0. The average molecular weight is 201 g/mol. The third-order valence-electron chi connectivity index (χ3n) is 0.744. The second-order valence-corrected chi connectivity index (χ2v) is 3.50. The molecule has 0 aliphatic heterocycles. The fourth-order valence-corrected chi connectivity index (χ4v) is 0.966. The monoisotopic (exact) mass is 201 g/mol. The molecule has 0 saturated carbocycles. The average Bonchev–Trinajstić information content (AvgIpc) is 1.67. The molecule has 0 aromatic heterocycles. The summed E-state index contributed by atoms with van der Waals surface area (Å²) in [6.45, 7) is 3.85. The minimum Gasteiger partial charge on any atom is -0.216 e. The Bertz CT molecular complexity index is 141. The van der Waals surface area contributed by atoms with E-state index < -0.39 is 10.0 Å². The van der Waals surface area contributed by atoms with E-state index in [1.165, 1.54) is 0 Å². The molecule has 0 aromatic carbocycles. The number of sulfonamides is 1. The highest BCUT2D eigenvalue weighted by Gasteiger charge is 2.00. The maximum Gasteiger partial charge on any atom is 0.211 e. The Hall–Kier alpha value is -0.0900. The van der Waals surface area contributed by atoms with Crippen LogP contribution in [-0.4, -0.2) is 20.7 Å². The van der Waals surface area contributed by atoms with Crippen LogP contribution in [0.5, 0.6) is 0 Å². The van der Waals surface area contributed by atoms with Gasteiger partial charge in [0.1, 0.15) is 0 Å². The van der Waals surface area contributed by atoms with E-state index in [0.29, 0.717) is 6.54 Å². The number of rotatable bonds is 3. The lowest BCUT2D eigenvalue weighted by molar-refractivity contribution is 0.585. The van der Waals surface area contributed by atoms with E-state index >= 15 is 0 Å². The first kappa shape index (κ1) is 29.7. The van der Waals surface area contributed by atoms with Crippen LogP contribution < -0.4 is 4.72 Å². The van der Waals surface area contributed by atoms with Gasteiger partial charge in [0.05, 0.1) is 5.75 Å². The molecule has 0 aromatic rings. The maximum absolute atomic E-state index is 10.5. The van der Waals surface area contributed by atoms with Crippen LogP contribution in [0.2, 0.25) is 0 Å². The molecule has 1 N–H and O–H groups in total. The highest BCUT2D eigenvalue weighted by molar-refractivity contribution is 7.89. The van der Waals surface area contributed by atoms with Crippen molar-refractivity contribution in [2.75, 3.05) is 12.3 Å². The molecule has 0 saturated heterocycles. The van der Waals surface area contributed by atoms with Crippen LogP contribution in [-0.2, 0) is 10.0 Å². The lowest BCUT2D eigenvalue weighted by atomic mass is 10.8. The van der Waals surface area contributed by atoms with Crippen molar-refractivity contribution in [2.45, 2.75) is 43.6 Å². The molecule has 0 amide bonds. The molecule has 82 valence electrons. The van der Waals surface area contributed by atoms with E-state index in [-0.39, 0.29) is 35.5 Å². The van der Waals surface area contributed by atoms with Crippen molar-refractivity contribution < 1.29 is 8.42 Å². The van der Waals surface area contributed by atoms with E-state index in [1.54, 1.807) is 13.8 Å². The summed E-state index contributed by atoms with van der Waals surface area (Å²) in [6.07, 6.45) is 0. The zero-order valence-corrected chi connectivity index (χ0v) is 5.96. The molecule has 0 heterocycles. The standard InChI is InChI=1S/C4H11NO2S.4CH4/c1-3-5-8(6,7)4-2;;;;/h5H,3-4H2,1-2H3;4*1H4. The first-order chi connectivity index (χ1) is 3.62. The third-order valence-corrected chi connectivity index (χ3v) is 2.23. The first-order valence-electron chi connectivity index (χ1n) is 2.59. The van der Waals surface area contributed by atoms with Crippen molar-refractivity contribution in [2.24, 2.45) is 0 Å². The lowest BCUT2D eigenvalue weighted by Crippen LogP contribution is -2.24. The van der Waals surface area contributed by atoms with Crippen molar-refractivity contribution in [3.8, 4) is 0 Å². The maximum atomic E-state index is 10.5. The van der Waals surface area contributed by atoms with Gasteiger partial charge < -0.3 is 0 Å². The predicted molar refractivity (Wildman–Crippen MR) is 60.1 cm³/mol. The second kappa shape index (κ2) is 13.5. The van der Waals surface area contributed by atoms with Gasteiger partial charge in [0, 0.05) is 6.54 Å². The smallest absolute Gasteiger partial charge is 0.211 e. The summed E-state index contributed by atoms with van der Waals surface area (Å²) in [6, 6.07) is 0. The highest BCUT2D eigenvalue weighted by atomic mass is 32.2. The van der Waals surface area contributed by atoms with Gasteiger partial charge in [-0.25, -0.2) is 13.1 Å². The fourth-order valence-electron chi connectivity index (χ4n) is 0.322. The molecule has 0 atom stereocenters. The van der Waals surface area contributed by atoms with Crippen molar-refractivity contribution >= 4 is 10.0 Å². The number of hydrogen-bond donors (Lipinski definition) is 1. The van der Waals surface area contributed by atoms with Gasteiger partial charge in [-0.15, -0.1) is 0 Å². The molecule has 0 fully saturated rings. The second-order valence-electron chi connectivity index (χ2n) is 1.40. The Balaban J connectivity index is -0.0000000408. The Morgan fingerprint density at radius 3 is 1.42 bits per heavy atom. The largest absolute Gasteiger partial charge is 0.216 e. The van der Waals surface area contributed by atoms with Gasteiger partial charge in [0.15, 0.2) is 0 Å². The van der Waals surface area contributed by atoms with Crippen LogP contribution in [0.3, 0.4) is 0 Å². The van der Waals surface area contributed by atoms with Crippen LogP contribution in [0.15, 0.2) is 0 Å². The molecule has 0 unspecified atom stereocenters. The molecule has 0 bridgehead atoms. The molecule has 3 nitrogen and oxygen atoms in total. The van der Waals surface area contributed by atoms with E-state index in [0.717, 1.165) is 0 Å². The van der Waals surface area contributed by atoms with Crippen LogP contribution in [0, 0.1) is 0 Å². The van der Waals surface area contributed by atoms with Crippen molar-refractivity contribution in [1.29, 1.82) is 0 Å². The molecule has 0 aliphatic carbocycles. The van der Waals surface area contributed by atoms with Gasteiger partial charge in [-0.05, 0) is 6.92 Å². The minimum atomic E-state index is -2.92. The van der Waals surface area contributed by atoms with Crippen LogP contribution >= 0.6 is 0 Å². The molecule has 12 heavy (non-hydrogen) atoms. The van der Waals surface area contributed by atoms with Gasteiger partial charge in [-0.2, -0.15) is 0 Å². The van der Waals surface area contributed by atoms with Crippen molar-refractivity contribution in [3.63, 3.8) is 0 Å². The predicted octanol–water partition coefficient (Wildman–Crippen LogP) is 2.49. The van der Waals surface area contributed by atoms with Gasteiger partial charge in [-0.1, -0.05) is 36.6 Å². The van der Waals surface area contributed by atoms with Crippen molar-refractivity contribution in [1.82, 2.24) is 4.72 Å². The molecule has 0 rings (SSSR count). The lowest BCUT2D eigenvalue weighted by Gasteiger charge is -1.96. The summed E-state index contributed by atoms with van der Waals surface area (Å²) >= 11 is 0. The summed E-state index contributed by atoms with van der Waals surface area (Å²) in [5.74, 6) is 0.167. The van der Waals surface area contributed by atoms with Crippen molar-refractivity contribution in [3.05, 3.63) is 0 Å². The van der Waals surface area contributed by atoms with Crippen LogP contribution in [0.4, 0.5) is 0 Å². The third kappa shape index (κ3) is 16.5. The molecule has 0 aliphatic rings. The Labute approximate surface area is 79.6 Å². The molecular weight excluding hydrogens is 174 g/mol. The minimum absolute atomic E-state index is 0. The molecule has 0 radical (unpaired) electrons. The molecule has 4 heteroatoms. The first-order valence-corrected chi connectivity index (χ1v) is 4.25. The Morgan fingerprint density at radius 1 is 1.00 bits per heavy atom. The summed E-state index contributed by atoms with van der Waals surface area (Å²) in [4.78, 5) is 0. The van der Waals surface area contributed by atoms with Crippen LogP contribution in [0.1, 0.15) is 43.6 Å². The Kier molecular flexibility index (Phi) is 33.4. The van der Waals surface area contributed by atoms with E-state index in [4.69, 9.17) is 0 Å². The SMILES string of the molecule is C.C.C.C.CCNS(=O)(=O)CC. The molecular formula is C8H27NO2S. The van der Waals surface area contributed by atoms with E-state index in [2.05, 4.69) is 4.72 Å².